The maximum Gasteiger partial charge on any atom is 4.00 e. The van der Waals surface area contributed by atoms with E-state index in [0.29, 0.717) is 5.92 Å². The van der Waals surface area contributed by atoms with Crippen LogP contribution >= 0.6 is 0 Å². The first kappa shape index (κ1) is 38.1. The van der Waals surface area contributed by atoms with Gasteiger partial charge in [0.25, 0.3) is 0 Å². The Hall–Kier alpha value is -2.31. The molecule has 3 heteroatoms. The Morgan fingerprint density at radius 1 is 0.696 bits per heavy atom. The van der Waals surface area contributed by atoms with Gasteiger partial charge < -0.3 is 24.8 Å². The minimum Gasteiger partial charge on any atom is -1.00 e. The predicted octanol–water partition coefficient (Wildman–Crippen LogP) is 5.83. The van der Waals surface area contributed by atoms with Gasteiger partial charge in [0.1, 0.15) is 0 Å². The number of halogens is 2. The van der Waals surface area contributed by atoms with Crippen LogP contribution in [-0.2, 0) is 31.6 Å². The van der Waals surface area contributed by atoms with Crippen LogP contribution in [0.5, 0.6) is 0 Å². The van der Waals surface area contributed by atoms with Crippen molar-refractivity contribution in [3.05, 3.63) is 147 Å². The standard InChI is InChI=1S/C26H29.C17H17.2ClH.Zr/c1-5-6-13-19-18-22-24(25(2,3)4)23(19)26(22,20-14-9-7-10-15-20)21-16-11-8-12-17-21;1-10-5-14-9-15-6-11(2)13(4)8-17(15)16(14)7-12(10)3;;;/h7-12,14-17,19H,5-6,13H2,1-4H3;5-9H,1-4H3;2*1H;/q2*-1;;;+4/p-2. The Balaban J connectivity index is 0.000000253. The van der Waals surface area contributed by atoms with Gasteiger partial charge >= 0.3 is 26.2 Å². The molecule has 8 rings (SSSR count). The summed E-state index contributed by atoms with van der Waals surface area (Å²) >= 11 is 0. The molecule has 0 radical (unpaired) electrons. The van der Waals surface area contributed by atoms with Crippen molar-refractivity contribution in [1.29, 1.82) is 0 Å². The van der Waals surface area contributed by atoms with Crippen LogP contribution in [0.15, 0.2) is 108 Å². The van der Waals surface area contributed by atoms with E-state index in [1.165, 1.54) is 79.8 Å². The third-order valence-corrected chi connectivity index (χ3v) is 9.91. The predicted molar refractivity (Wildman–Crippen MR) is 186 cm³/mol. The second kappa shape index (κ2) is 14.9. The number of fused-ring (bicyclic) bond motifs is 4. The number of hydrogen-bond acceptors (Lipinski definition) is 0. The molecular formula is C43H46Cl2Zr. The molecule has 46 heavy (non-hydrogen) atoms. The molecule has 0 N–H and O–H groups in total. The minimum absolute atomic E-state index is 0. The number of unbranched alkanes of at least 4 members (excludes halogenated alkanes) is 1. The van der Waals surface area contributed by atoms with Crippen LogP contribution in [-0.4, -0.2) is 0 Å². The summed E-state index contributed by atoms with van der Waals surface area (Å²) in [7, 11) is 0. The van der Waals surface area contributed by atoms with E-state index in [-0.39, 0.29) is 61.8 Å². The third kappa shape index (κ3) is 6.42. The molecule has 236 valence electrons. The van der Waals surface area contributed by atoms with Gasteiger partial charge in [0.15, 0.2) is 0 Å². The molecule has 0 saturated carbocycles. The van der Waals surface area contributed by atoms with Crippen LogP contribution in [0.4, 0.5) is 0 Å². The fourth-order valence-electron chi connectivity index (χ4n) is 7.54. The molecule has 0 heterocycles. The van der Waals surface area contributed by atoms with E-state index in [4.69, 9.17) is 0 Å². The quantitative estimate of drug-likeness (QED) is 0.201. The smallest absolute Gasteiger partial charge is 1.00 e. The Kier molecular flexibility index (Phi) is 12.3. The molecule has 1 atom stereocenters. The fraction of sp³-hybridized carbons (Fsp3) is 0.326. The summed E-state index contributed by atoms with van der Waals surface area (Å²) in [5.41, 5.74) is 13.0. The van der Waals surface area contributed by atoms with Crippen LogP contribution in [0.2, 0.25) is 0 Å². The van der Waals surface area contributed by atoms with E-state index >= 15 is 0 Å². The summed E-state index contributed by atoms with van der Waals surface area (Å²) in [4.78, 5) is 0. The van der Waals surface area contributed by atoms with Crippen molar-refractivity contribution in [1.82, 2.24) is 0 Å². The largest absolute Gasteiger partial charge is 4.00 e. The minimum atomic E-state index is -0.0798. The van der Waals surface area contributed by atoms with Crippen molar-refractivity contribution in [3.63, 3.8) is 0 Å². The Bertz CT molecular complexity index is 1770. The molecule has 0 aromatic heterocycles. The van der Waals surface area contributed by atoms with Crippen molar-refractivity contribution in [3.8, 4) is 0 Å². The molecule has 0 saturated heterocycles. The Morgan fingerprint density at radius 3 is 1.54 bits per heavy atom. The topological polar surface area (TPSA) is 0 Å². The zero-order valence-corrected chi connectivity index (χ0v) is 32.6. The molecule has 0 spiro atoms. The van der Waals surface area contributed by atoms with Crippen molar-refractivity contribution in [2.75, 3.05) is 0 Å². The van der Waals surface area contributed by atoms with Gasteiger partial charge in [-0.1, -0.05) is 153 Å². The van der Waals surface area contributed by atoms with Crippen molar-refractivity contribution < 1.29 is 51.0 Å². The molecule has 2 bridgehead atoms. The molecule has 5 aromatic rings. The van der Waals surface area contributed by atoms with Gasteiger partial charge in [0.2, 0.25) is 0 Å². The number of rotatable bonds is 5. The van der Waals surface area contributed by atoms with E-state index < -0.39 is 0 Å². The SMILES string of the molecule is CCCCC1[C-]=C2C(C(C)(C)C)=C1C2(c1ccccc1)c1ccccc1.Cc1cc2[cH-]c3cc(C)c(C)cc3c2cc1C.[Cl-].[Cl-].[Zr+4]. The van der Waals surface area contributed by atoms with E-state index in [1.54, 1.807) is 11.1 Å². The third-order valence-electron chi connectivity index (χ3n) is 9.91. The molecule has 1 unspecified atom stereocenters. The van der Waals surface area contributed by atoms with Crippen LogP contribution in [0, 0.1) is 45.1 Å². The summed E-state index contributed by atoms with van der Waals surface area (Å²) in [6.45, 7) is 18.1. The molecule has 0 nitrogen and oxygen atoms in total. The molecule has 3 aliphatic rings. The van der Waals surface area contributed by atoms with Gasteiger partial charge in [-0.05, 0) is 38.8 Å². The Labute approximate surface area is 309 Å². The van der Waals surface area contributed by atoms with E-state index in [2.05, 4.69) is 152 Å². The summed E-state index contributed by atoms with van der Waals surface area (Å²) in [6.07, 6.45) is 7.68. The zero-order chi connectivity index (χ0) is 30.5. The van der Waals surface area contributed by atoms with Crippen molar-refractivity contribution in [2.24, 2.45) is 11.3 Å². The fourth-order valence-corrected chi connectivity index (χ4v) is 7.54. The summed E-state index contributed by atoms with van der Waals surface area (Å²) < 4.78 is 0. The van der Waals surface area contributed by atoms with Crippen LogP contribution in [0.3, 0.4) is 0 Å². The van der Waals surface area contributed by atoms with Crippen LogP contribution in [0.1, 0.15) is 80.3 Å². The number of benzene rings is 4. The number of allylic oxidation sites excluding steroid dienone is 4. The van der Waals surface area contributed by atoms with Gasteiger partial charge in [0, 0.05) is 5.41 Å². The van der Waals surface area contributed by atoms with E-state index in [9.17, 15) is 0 Å². The number of hydrogen-bond donors (Lipinski definition) is 0. The molecule has 5 aromatic carbocycles. The Morgan fingerprint density at radius 2 is 1.13 bits per heavy atom. The van der Waals surface area contributed by atoms with E-state index in [1.807, 2.05) is 0 Å². The molecular weight excluding hydrogens is 679 g/mol. The second-order valence-electron chi connectivity index (χ2n) is 13.9. The van der Waals surface area contributed by atoms with Crippen molar-refractivity contribution in [2.45, 2.75) is 80.1 Å². The summed E-state index contributed by atoms with van der Waals surface area (Å²) in [5.74, 6) is 0.472. The monoisotopic (exact) mass is 722 g/mol. The first-order valence-corrected chi connectivity index (χ1v) is 16.2. The van der Waals surface area contributed by atoms with Gasteiger partial charge in [-0.25, -0.2) is 5.57 Å². The molecule has 0 fully saturated rings. The van der Waals surface area contributed by atoms with Crippen LogP contribution in [0.25, 0.3) is 21.5 Å². The van der Waals surface area contributed by atoms with Gasteiger partial charge in [-0.15, -0.1) is 45.3 Å². The number of aryl methyl sites for hydroxylation is 4. The summed E-state index contributed by atoms with van der Waals surface area (Å²) in [6, 6.07) is 33.7. The first-order valence-electron chi connectivity index (χ1n) is 16.2. The maximum atomic E-state index is 3.95. The summed E-state index contributed by atoms with van der Waals surface area (Å²) in [5, 5.41) is 5.53. The van der Waals surface area contributed by atoms with Gasteiger partial charge in [-0.2, -0.15) is 5.57 Å². The van der Waals surface area contributed by atoms with Crippen molar-refractivity contribution >= 4 is 21.5 Å². The second-order valence-corrected chi connectivity index (χ2v) is 13.9. The van der Waals surface area contributed by atoms with Gasteiger partial charge in [0.05, 0.1) is 0 Å². The molecule has 0 aliphatic heterocycles. The maximum absolute atomic E-state index is 3.95. The first-order chi connectivity index (χ1) is 20.6. The molecule has 0 amide bonds. The van der Waals surface area contributed by atoms with Gasteiger partial charge in [-0.3, -0.25) is 6.08 Å². The zero-order valence-electron chi connectivity index (χ0n) is 28.6. The van der Waals surface area contributed by atoms with E-state index in [0.717, 1.165) is 0 Å². The normalized spacial score (nSPS) is 16.0. The average molecular weight is 725 g/mol. The van der Waals surface area contributed by atoms with Crippen LogP contribution < -0.4 is 24.8 Å². The molecule has 3 aliphatic carbocycles. The average Bonchev–Trinajstić information content (AvgIpc) is 3.64.